The first-order valence-corrected chi connectivity index (χ1v) is 6.69. The van der Waals surface area contributed by atoms with Crippen molar-refractivity contribution in [3.8, 4) is 5.75 Å². The maximum Gasteiger partial charge on any atom is 0.257 e. The summed E-state index contributed by atoms with van der Waals surface area (Å²) >= 11 is 13.0. The molecule has 19 heavy (non-hydrogen) atoms. The third kappa shape index (κ3) is 3.15. The number of nitrogens with one attached hydrogen (secondary N) is 1. The summed E-state index contributed by atoms with van der Waals surface area (Å²) in [5, 5.41) is 3.58. The molecule has 100 valence electrons. The Balaban J connectivity index is 2.24. The second kappa shape index (κ2) is 5.73. The van der Waals surface area contributed by atoms with Crippen LogP contribution in [0, 0.1) is 6.92 Å². The zero-order valence-electron chi connectivity index (χ0n) is 10.0. The summed E-state index contributed by atoms with van der Waals surface area (Å²) in [4.78, 5) is 16.0. The number of hydrogen-bond donors (Lipinski definition) is 1. The van der Waals surface area contributed by atoms with Gasteiger partial charge in [0, 0.05) is 17.1 Å². The van der Waals surface area contributed by atoms with Crippen molar-refractivity contribution >= 4 is 45.8 Å². The summed E-state index contributed by atoms with van der Waals surface area (Å²) in [5.74, 6) is 0.584. The molecule has 1 amide bonds. The average Bonchev–Trinajstić information content (AvgIpc) is 2.74. The number of hydrogen-bond acceptors (Lipinski definition) is 5. The Labute approximate surface area is 123 Å². The normalized spacial score (nSPS) is 10.3. The van der Waals surface area contributed by atoms with Crippen molar-refractivity contribution in [1.82, 2.24) is 9.36 Å². The van der Waals surface area contributed by atoms with Gasteiger partial charge in [0.05, 0.1) is 17.2 Å². The molecule has 1 aromatic carbocycles. The molecule has 1 heterocycles. The second-order valence-electron chi connectivity index (χ2n) is 3.57. The van der Waals surface area contributed by atoms with Crippen LogP contribution in [0.4, 0.5) is 5.13 Å². The van der Waals surface area contributed by atoms with Gasteiger partial charge in [0.2, 0.25) is 5.13 Å². The Hall–Kier alpha value is -1.37. The summed E-state index contributed by atoms with van der Waals surface area (Å²) in [5.41, 5.74) is 0.323. The summed E-state index contributed by atoms with van der Waals surface area (Å²) in [6, 6.07) is 2.96. The Bertz CT molecular complexity index is 607. The zero-order chi connectivity index (χ0) is 14.0. The lowest BCUT2D eigenvalue weighted by Crippen LogP contribution is -2.12. The molecular weight excluding hydrogens is 309 g/mol. The monoisotopic (exact) mass is 317 g/mol. The lowest BCUT2D eigenvalue weighted by Gasteiger charge is -2.08. The van der Waals surface area contributed by atoms with E-state index in [0.29, 0.717) is 22.3 Å². The predicted octanol–water partition coefficient (Wildman–Crippen LogP) is 3.41. The first kappa shape index (κ1) is 14.0. The van der Waals surface area contributed by atoms with Gasteiger partial charge in [-0.1, -0.05) is 23.2 Å². The lowest BCUT2D eigenvalue weighted by molar-refractivity contribution is 0.102. The van der Waals surface area contributed by atoms with Gasteiger partial charge in [0.1, 0.15) is 5.82 Å². The number of anilines is 1. The number of carbonyl (C=O) groups excluding carboxylic acids is 1. The maximum atomic E-state index is 12.0. The van der Waals surface area contributed by atoms with Crippen LogP contribution in [0.1, 0.15) is 16.2 Å². The minimum absolute atomic E-state index is 0.272. The fourth-order valence-electron chi connectivity index (χ4n) is 1.40. The molecule has 0 spiro atoms. The van der Waals surface area contributed by atoms with Crippen molar-refractivity contribution in [2.24, 2.45) is 0 Å². The molecular formula is C11H9Cl2N3O2S. The number of rotatable bonds is 3. The highest BCUT2D eigenvalue weighted by Crippen LogP contribution is 2.34. The van der Waals surface area contributed by atoms with Gasteiger partial charge in [0.15, 0.2) is 5.75 Å². The number of nitrogens with zero attached hydrogens (tertiary/aromatic N) is 2. The molecule has 0 aliphatic carbocycles. The topological polar surface area (TPSA) is 64.1 Å². The van der Waals surface area contributed by atoms with Crippen molar-refractivity contribution in [3.63, 3.8) is 0 Å². The van der Waals surface area contributed by atoms with Crippen molar-refractivity contribution in [2.45, 2.75) is 6.92 Å². The standard InChI is InChI=1S/C11H9Cl2N3O2S/c1-5-14-11(19-16-5)15-10(17)6-3-7(12)9(18-2)8(13)4-6/h3-4H,1-2H3,(H,14,15,16,17). The van der Waals surface area contributed by atoms with Crippen LogP contribution in [-0.2, 0) is 0 Å². The minimum Gasteiger partial charge on any atom is -0.494 e. The van der Waals surface area contributed by atoms with Gasteiger partial charge >= 0.3 is 0 Å². The van der Waals surface area contributed by atoms with Gasteiger partial charge in [-0.2, -0.15) is 4.37 Å². The second-order valence-corrected chi connectivity index (χ2v) is 5.14. The third-order valence-corrected chi connectivity index (χ3v) is 3.50. The first-order chi connectivity index (χ1) is 9.01. The molecule has 0 aliphatic rings. The van der Waals surface area contributed by atoms with E-state index in [1.807, 2.05) is 0 Å². The SMILES string of the molecule is COc1c(Cl)cc(C(=O)Nc2nc(C)ns2)cc1Cl. The van der Waals surface area contributed by atoms with Crippen molar-refractivity contribution in [3.05, 3.63) is 33.6 Å². The van der Waals surface area contributed by atoms with E-state index in [1.165, 1.54) is 19.2 Å². The molecule has 0 saturated carbocycles. The van der Waals surface area contributed by atoms with Crippen LogP contribution in [0.5, 0.6) is 5.75 Å². The van der Waals surface area contributed by atoms with Crippen LogP contribution in [0.15, 0.2) is 12.1 Å². The number of methoxy groups -OCH3 is 1. The Morgan fingerprint density at radius 3 is 2.47 bits per heavy atom. The third-order valence-electron chi connectivity index (χ3n) is 2.21. The van der Waals surface area contributed by atoms with Crippen LogP contribution in [0.25, 0.3) is 0 Å². The number of amides is 1. The summed E-state index contributed by atoms with van der Waals surface area (Å²) in [6.45, 7) is 1.74. The number of halogens is 2. The van der Waals surface area contributed by atoms with Gasteiger partial charge in [-0.3, -0.25) is 10.1 Å². The van der Waals surface area contributed by atoms with E-state index in [2.05, 4.69) is 14.7 Å². The van der Waals surface area contributed by atoms with Gasteiger partial charge < -0.3 is 4.74 Å². The molecule has 2 aromatic rings. The number of carbonyl (C=O) groups is 1. The quantitative estimate of drug-likeness (QED) is 0.942. The average molecular weight is 318 g/mol. The van der Waals surface area contributed by atoms with Gasteiger partial charge in [-0.05, 0) is 19.1 Å². The van der Waals surface area contributed by atoms with Crippen LogP contribution in [0.3, 0.4) is 0 Å². The summed E-state index contributed by atoms with van der Waals surface area (Å²) in [6.07, 6.45) is 0. The summed E-state index contributed by atoms with van der Waals surface area (Å²) < 4.78 is 8.99. The smallest absolute Gasteiger partial charge is 0.257 e. The molecule has 0 saturated heterocycles. The highest BCUT2D eigenvalue weighted by atomic mass is 35.5. The van der Waals surface area contributed by atoms with Crippen LogP contribution >= 0.6 is 34.7 Å². The van der Waals surface area contributed by atoms with E-state index in [0.717, 1.165) is 11.5 Å². The molecule has 0 unspecified atom stereocenters. The molecule has 0 aliphatic heterocycles. The molecule has 1 N–H and O–H groups in total. The zero-order valence-corrected chi connectivity index (χ0v) is 12.4. The summed E-state index contributed by atoms with van der Waals surface area (Å²) in [7, 11) is 1.46. The predicted molar refractivity (Wildman–Crippen MR) is 75.6 cm³/mol. The van der Waals surface area contributed by atoms with Crippen molar-refractivity contribution < 1.29 is 9.53 Å². The first-order valence-electron chi connectivity index (χ1n) is 5.16. The fraction of sp³-hybridized carbons (Fsp3) is 0.182. The van der Waals surface area contributed by atoms with E-state index in [-0.39, 0.29) is 16.0 Å². The lowest BCUT2D eigenvalue weighted by atomic mass is 10.2. The van der Waals surface area contributed by atoms with Gasteiger partial charge in [-0.25, -0.2) is 4.98 Å². The molecule has 0 radical (unpaired) electrons. The number of aromatic nitrogens is 2. The van der Waals surface area contributed by atoms with E-state index >= 15 is 0 Å². The Morgan fingerprint density at radius 2 is 2.00 bits per heavy atom. The van der Waals surface area contributed by atoms with E-state index in [9.17, 15) is 4.79 Å². The highest BCUT2D eigenvalue weighted by molar-refractivity contribution is 7.09. The van der Waals surface area contributed by atoms with Crippen LogP contribution in [0.2, 0.25) is 10.0 Å². The molecule has 0 bridgehead atoms. The Kier molecular flexibility index (Phi) is 4.24. The number of benzene rings is 1. The minimum atomic E-state index is -0.359. The molecule has 1 aromatic heterocycles. The molecule has 8 heteroatoms. The van der Waals surface area contributed by atoms with Gasteiger partial charge in [-0.15, -0.1) is 0 Å². The van der Waals surface area contributed by atoms with E-state index in [1.54, 1.807) is 6.92 Å². The molecule has 5 nitrogen and oxygen atoms in total. The number of ether oxygens (including phenoxy) is 1. The van der Waals surface area contributed by atoms with Crippen LogP contribution < -0.4 is 10.1 Å². The van der Waals surface area contributed by atoms with Crippen molar-refractivity contribution in [2.75, 3.05) is 12.4 Å². The van der Waals surface area contributed by atoms with E-state index < -0.39 is 0 Å². The maximum absolute atomic E-state index is 12.0. The van der Waals surface area contributed by atoms with Crippen molar-refractivity contribution in [1.29, 1.82) is 0 Å². The highest BCUT2D eigenvalue weighted by Gasteiger charge is 2.14. The molecule has 0 fully saturated rings. The largest absolute Gasteiger partial charge is 0.494 e. The van der Waals surface area contributed by atoms with E-state index in [4.69, 9.17) is 27.9 Å². The Morgan fingerprint density at radius 1 is 1.37 bits per heavy atom. The van der Waals surface area contributed by atoms with Crippen LogP contribution in [-0.4, -0.2) is 22.4 Å². The molecule has 0 atom stereocenters. The number of aryl methyl sites for hydroxylation is 1. The van der Waals surface area contributed by atoms with Gasteiger partial charge in [0.25, 0.3) is 5.91 Å². The molecule has 2 rings (SSSR count). The fourth-order valence-corrected chi connectivity index (χ4v) is 2.62.